The van der Waals surface area contributed by atoms with E-state index in [2.05, 4.69) is 9.97 Å². The van der Waals surface area contributed by atoms with E-state index in [9.17, 15) is 4.39 Å². The van der Waals surface area contributed by atoms with Crippen molar-refractivity contribution in [2.45, 2.75) is 27.2 Å². The molecule has 1 aromatic carbocycles. The molecule has 0 fully saturated rings. The second-order valence-electron chi connectivity index (χ2n) is 4.49. The molecular formula is C15H16ClFN2O. The summed E-state index contributed by atoms with van der Waals surface area (Å²) in [5, 5.41) is 0.396. The second kappa shape index (κ2) is 6.18. The van der Waals surface area contributed by atoms with Crippen LogP contribution in [0.15, 0.2) is 18.2 Å². The predicted molar refractivity (Wildman–Crippen MR) is 76.9 cm³/mol. The van der Waals surface area contributed by atoms with Crippen LogP contribution in [0.4, 0.5) is 4.39 Å². The molecule has 0 aliphatic rings. The molecule has 20 heavy (non-hydrogen) atoms. The van der Waals surface area contributed by atoms with Crippen LogP contribution in [-0.4, -0.2) is 16.6 Å². The van der Waals surface area contributed by atoms with Gasteiger partial charge in [0.2, 0.25) is 5.88 Å². The zero-order valence-electron chi connectivity index (χ0n) is 11.7. The standard InChI is InChI=1S/C15H16ClFN2O/c1-4-20-15-13(9(2)18-10(3)19-15)7-11-5-6-12(17)8-14(11)16/h5-6,8H,4,7H2,1-3H3. The Balaban J connectivity index is 2.41. The molecule has 0 amide bonds. The van der Waals surface area contributed by atoms with Crippen molar-refractivity contribution in [3.63, 3.8) is 0 Å². The number of hydrogen-bond donors (Lipinski definition) is 0. The second-order valence-corrected chi connectivity index (χ2v) is 4.89. The Bertz CT molecular complexity index is 632. The number of nitrogens with zero attached hydrogens (tertiary/aromatic N) is 2. The lowest BCUT2D eigenvalue weighted by Gasteiger charge is -2.13. The van der Waals surface area contributed by atoms with Crippen molar-refractivity contribution in [2.75, 3.05) is 6.61 Å². The molecule has 0 aliphatic carbocycles. The van der Waals surface area contributed by atoms with E-state index in [1.165, 1.54) is 12.1 Å². The highest BCUT2D eigenvalue weighted by molar-refractivity contribution is 6.31. The minimum Gasteiger partial charge on any atom is -0.478 e. The lowest BCUT2D eigenvalue weighted by molar-refractivity contribution is 0.321. The first-order valence-electron chi connectivity index (χ1n) is 6.42. The van der Waals surface area contributed by atoms with Crippen LogP contribution in [0.25, 0.3) is 0 Å². The first-order chi connectivity index (χ1) is 9.51. The number of aromatic nitrogens is 2. The SMILES string of the molecule is CCOc1nc(C)nc(C)c1Cc1ccc(F)cc1Cl. The molecule has 0 saturated heterocycles. The fourth-order valence-corrected chi connectivity index (χ4v) is 2.25. The Morgan fingerprint density at radius 3 is 2.65 bits per heavy atom. The number of aryl methyl sites for hydroxylation is 2. The maximum atomic E-state index is 13.1. The summed E-state index contributed by atoms with van der Waals surface area (Å²) in [5.41, 5.74) is 2.55. The van der Waals surface area contributed by atoms with Crippen LogP contribution in [0.3, 0.4) is 0 Å². The van der Waals surface area contributed by atoms with Gasteiger partial charge in [0.15, 0.2) is 0 Å². The Morgan fingerprint density at radius 1 is 1.25 bits per heavy atom. The van der Waals surface area contributed by atoms with Gasteiger partial charge >= 0.3 is 0 Å². The molecule has 0 bridgehead atoms. The summed E-state index contributed by atoms with van der Waals surface area (Å²) in [7, 11) is 0. The van der Waals surface area contributed by atoms with Gasteiger partial charge in [-0.3, -0.25) is 0 Å². The van der Waals surface area contributed by atoms with Gasteiger partial charge in [0.25, 0.3) is 0 Å². The molecule has 0 N–H and O–H groups in total. The van der Waals surface area contributed by atoms with Crippen LogP contribution in [-0.2, 0) is 6.42 Å². The van der Waals surface area contributed by atoms with E-state index < -0.39 is 0 Å². The van der Waals surface area contributed by atoms with Crippen LogP contribution in [0.2, 0.25) is 5.02 Å². The third-order valence-corrected chi connectivity index (χ3v) is 3.30. The summed E-state index contributed by atoms with van der Waals surface area (Å²) in [6.07, 6.45) is 0.514. The summed E-state index contributed by atoms with van der Waals surface area (Å²) in [4.78, 5) is 8.67. The van der Waals surface area contributed by atoms with Crippen LogP contribution in [0.1, 0.15) is 29.6 Å². The van der Waals surface area contributed by atoms with Crippen molar-refractivity contribution >= 4 is 11.6 Å². The first kappa shape index (κ1) is 14.7. The predicted octanol–water partition coefficient (Wildman–Crippen LogP) is 3.88. The zero-order valence-corrected chi connectivity index (χ0v) is 12.5. The van der Waals surface area contributed by atoms with Gasteiger partial charge in [-0.2, -0.15) is 4.98 Å². The van der Waals surface area contributed by atoms with E-state index in [4.69, 9.17) is 16.3 Å². The largest absolute Gasteiger partial charge is 0.478 e. The zero-order chi connectivity index (χ0) is 14.7. The van der Waals surface area contributed by atoms with Crippen molar-refractivity contribution in [2.24, 2.45) is 0 Å². The summed E-state index contributed by atoms with van der Waals surface area (Å²) >= 11 is 6.07. The number of halogens is 2. The fraction of sp³-hybridized carbons (Fsp3) is 0.333. The first-order valence-corrected chi connectivity index (χ1v) is 6.80. The summed E-state index contributed by atoms with van der Waals surface area (Å²) < 4.78 is 18.7. The minimum atomic E-state index is -0.347. The molecule has 0 atom stereocenters. The van der Waals surface area contributed by atoms with Crippen molar-refractivity contribution in [1.82, 2.24) is 9.97 Å². The molecule has 0 radical (unpaired) electrons. The molecule has 106 valence electrons. The maximum Gasteiger partial charge on any atom is 0.220 e. The lowest BCUT2D eigenvalue weighted by atomic mass is 10.0. The van der Waals surface area contributed by atoms with Gasteiger partial charge in [-0.05, 0) is 38.5 Å². The van der Waals surface area contributed by atoms with E-state index >= 15 is 0 Å². The number of rotatable bonds is 4. The average molecular weight is 295 g/mol. The van der Waals surface area contributed by atoms with Gasteiger partial charge in [0, 0.05) is 22.7 Å². The number of hydrogen-bond acceptors (Lipinski definition) is 3. The molecule has 0 aliphatic heterocycles. The van der Waals surface area contributed by atoms with Crippen LogP contribution in [0.5, 0.6) is 5.88 Å². The monoisotopic (exact) mass is 294 g/mol. The fourth-order valence-electron chi connectivity index (χ4n) is 2.02. The van der Waals surface area contributed by atoms with E-state index in [0.29, 0.717) is 29.8 Å². The van der Waals surface area contributed by atoms with Gasteiger partial charge in [-0.25, -0.2) is 9.37 Å². The Hall–Kier alpha value is -1.68. The van der Waals surface area contributed by atoms with E-state index in [0.717, 1.165) is 16.8 Å². The van der Waals surface area contributed by atoms with E-state index in [-0.39, 0.29) is 5.82 Å². The van der Waals surface area contributed by atoms with Crippen LogP contribution in [0, 0.1) is 19.7 Å². The Labute approximate surface area is 122 Å². The summed E-state index contributed by atoms with van der Waals surface area (Å²) in [6.45, 7) is 6.16. The van der Waals surface area contributed by atoms with Gasteiger partial charge < -0.3 is 4.74 Å². The van der Waals surface area contributed by atoms with Gasteiger partial charge in [-0.15, -0.1) is 0 Å². The highest BCUT2D eigenvalue weighted by Gasteiger charge is 2.14. The molecule has 0 spiro atoms. The molecule has 3 nitrogen and oxygen atoms in total. The third-order valence-electron chi connectivity index (χ3n) is 2.95. The summed E-state index contributed by atoms with van der Waals surface area (Å²) in [5.74, 6) is 0.887. The van der Waals surface area contributed by atoms with Crippen LogP contribution < -0.4 is 4.74 Å². The topological polar surface area (TPSA) is 35.0 Å². The third kappa shape index (κ3) is 3.25. The van der Waals surface area contributed by atoms with E-state index in [1.54, 1.807) is 6.07 Å². The minimum absolute atomic E-state index is 0.347. The van der Waals surface area contributed by atoms with Crippen molar-refractivity contribution in [1.29, 1.82) is 0 Å². The van der Waals surface area contributed by atoms with Crippen LogP contribution >= 0.6 is 11.6 Å². The molecule has 2 rings (SSSR count). The quantitative estimate of drug-likeness (QED) is 0.858. The molecule has 0 saturated carbocycles. The highest BCUT2D eigenvalue weighted by atomic mass is 35.5. The average Bonchev–Trinajstić information content (AvgIpc) is 2.36. The van der Waals surface area contributed by atoms with Gasteiger partial charge in [-0.1, -0.05) is 17.7 Å². The van der Waals surface area contributed by atoms with Crippen molar-refractivity contribution in [3.05, 3.63) is 51.7 Å². The smallest absolute Gasteiger partial charge is 0.220 e. The number of ether oxygens (including phenoxy) is 1. The number of benzene rings is 1. The van der Waals surface area contributed by atoms with E-state index in [1.807, 2.05) is 20.8 Å². The molecular weight excluding hydrogens is 279 g/mol. The van der Waals surface area contributed by atoms with Gasteiger partial charge in [0.05, 0.1) is 6.61 Å². The molecule has 1 heterocycles. The maximum absolute atomic E-state index is 13.1. The van der Waals surface area contributed by atoms with Crippen molar-refractivity contribution in [3.8, 4) is 5.88 Å². The molecule has 1 aromatic heterocycles. The summed E-state index contributed by atoms with van der Waals surface area (Å²) in [6, 6.07) is 4.38. The normalized spacial score (nSPS) is 10.7. The molecule has 0 unspecified atom stereocenters. The highest BCUT2D eigenvalue weighted by Crippen LogP contribution is 2.26. The molecule has 5 heteroatoms. The molecule has 2 aromatic rings. The Morgan fingerprint density at radius 2 is 2.00 bits per heavy atom. The van der Waals surface area contributed by atoms with Crippen molar-refractivity contribution < 1.29 is 9.13 Å². The lowest BCUT2D eigenvalue weighted by Crippen LogP contribution is -2.06. The van der Waals surface area contributed by atoms with Gasteiger partial charge in [0.1, 0.15) is 11.6 Å². The Kier molecular flexibility index (Phi) is 4.55.